The van der Waals surface area contributed by atoms with Crippen LogP contribution in [-0.4, -0.2) is 44.9 Å². The highest BCUT2D eigenvalue weighted by Crippen LogP contribution is 2.10. The Morgan fingerprint density at radius 3 is 2.41 bits per heavy atom. The average molecular weight is 284 g/mol. The normalized spacial score (nSPS) is 16.9. The van der Waals surface area contributed by atoms with Crippen molar-refractivity contribution >= 4 is 25.8 Å². The van der Waals surface area contributed by atoms with Gasteiger partial charge in [-0.15, -0.1) is 0 Å². The summed E-state index contributed by atoms with van der Waals surface area (Å²) in [7, 11) is 1.63. The highest BCUT2D eigenvalue weighted by atomic mass is 35.7. The molecule has 7 heteroatoms. The van der Waals surface area contributed by atoms with E-state index in [2.05, 4.69) is 0 Å². The first-order chi connectivity index (χ1) is 7.99. The number of hydrogen-bond donors (Lipinski definition) is 0. The Balaban J connectivity index is 2.07. The first-order valence-corrected chi connectivity index (χ1v) is 8.31. The summed E-state index contributed by atoms with van der Waals surface area (Å²) >= 11 is 0. The molecule has 0 N–H and O–H groups in total. The molecule has 17 heavy (non-hydrogen) atoms. The summed E-state index contributed by atoms with van der Waals surface area (Å²) in [6.07, 6.45) is 3.86. The first kappa shape index (κ1) is 14.6. The van der Waals surface area contributed by atoms with Gasteiger partial charge in [0.15, 0.2) is 0 Å². The molecule has 1 amide bonds. The number of unbranched alkanes of at least 4 members (excludes halogenated alkanes) is 1. The Kier molecular flexibility index (Phi) is 6.05. The summed E-state index contributed by atoms with van der Waals surface area (Å²) in [6.45, 7) is 1.77. The summed E-state index contributed by atoms with van der Waals surface area (Å²) in [5.41, 5.74) is 0. The van der Waals surface area contributed by atoms with E-state index in [4.69, 9.17) is 15.4 Å². The Morgan fingerprint density at radius 1 is 1.18 bits per heavy atom. The Labute approximate surface area is 106 Å². The van der Waals surface area contributed by atoms with Crippen molar-refractivity contribution in [3.63, 3.8) is 0 Å². The Bertz CT molecular complexity index is 338. The number of halogens is 1. The van der Waals surface area contributed by atoms with E-state index in [0.717, 1.165) is 32.4 Å². The van der Waals surface area contributed by atoms with Crippen molar-refractivity contribution in [3.8, 4) is 0 Å². The second-order valence-corrected chi connectivity index (χ2v) is 7.01. The minimum absolute atomic E-state index is 0.0736. The van der Waals surface area contributed by atoms with Crippen LogP contribution in [-0.2, 0) is 13.8 Å². The molecule has 0 saturated carbocycles. The van der Waals surface area contributed by atoms with Crippen LogP contribution < -0.4 is 0 Å². The number of carbonyl (C=O) groups excluding carboxylic acids is 1. The van der Waals surface area contributed by atoms with E-state index < -0.39 is 9.05 Å². The van der Waals surface area contributed by atoms with Crippen LogP contribution in [0.3, 0.4) is 0 Å². The number of hydrogen-bond acceptors (Lipinski definition) is 4. The van der Waals surface area contributed by atoms with Crippen molar-refractivity contribution in [2.24, 2.45) is 0 Å². The zero-order valence-corrected chi connectivity index (χ0v) is 11.3. The van der Waals surface area contributed by atoms with Crippen molar-refractivity contribution in [3.05, 3.63) is 0 Å². The van der Waals surface area contributed by atoms with E-state index in [9.17, 15) is 13.2 Å². The number of carbonyl (C=O) groups is 1. The highest BCUT2D eigenvalue weighted by Gasteiger charge is 2.17. The second-order valence-electron chi connectivity index (χ2n) is 4.11. The van der Waals surface area contributed by atoms with Gasteiger partial charge < -0.3 is 9.64 Å². The van der Waals surface area contributed by atoms with Crippen LogP contribution in [0.5, 0.6) is 0 Å². The van der Waals surface area contributed by atoms with Gasteiger partial charge in [-0.3, -0.25) is 0 Å². The highest BCUT2D eigenvalue weighted by molar-refractivity contribution is 8.13. The van der Waals surface area contributed by atoms with Crippen molar-refractivity contribution in [2.45, 2.75) is 32.1 Å². The molecule has 0 atom stereocenters. The topological polar surface area (TPSA) is 63.7 Å². The summed E-state index contributed by atoms with van der Waals surface area (Å²) in [5.74, 6) is -0.0736. The minimum Gasteiger partial charge on any atom is -0.449 e. The molecule has 1 aliphatic heterocycles. The van der Waals surface area contributed by atoms with Gasteiger partial charge in [-0.1, -0.05) is 0 Å². The number of rotatable bonds is 5. The zero-order chi connectivity index (χ0) is 12.7. The molecular weight excluding hydrogens is 266 g/mol. The standard InChI is InChI=1S/C10H18ClNO4S/c11-17(14,15)9-5-4-8-16-10(13)12-6-2-1-3-7-12/h1-9H2. The van der Waals surface area contributed by atoms with Gasteiger partial charge in [0, 0.05) is 23.8 Å². The van der Waals surface area contributed by atoms with Crippen LogP contribution in [0.15, 0.2) is 0 Å². The molecule has 1 heterocycles. The van der Waals surface area contributed by atoms with Crippen LogP contribution >= 0.6 is 10.7 Å². The molecule has 5 nitrogen and oxygen atoms in total. The van der Waals surface area contributed by atoms with Crippen LogP contribution in [0.2, 0.25) is 0 Å². The third-order valence-electron chi connectivity index (χ3n) is 2.62. The molecule has 0 spiro atoms. The van der Waals surface area contributed by atoms with Gasteiger partial charge >= 0.3 is 6.09 Å². The molecule has 0 unspecified atom stereocenters. The monoisotopic (exact) mass is 283 g/mol. The maximum absolute atomic E-state index is 11.5. The predicted molar refractivity (Wildman–Crippen MR) is 65.6 cm³/mol. The van der Waals surface area contributed by atoms with E-state index in [1.54, 1.807) is 4.90 Å². The van der Waals surface area contributed by atoms with Gasteiger partial charge in [0.05, 0.1) is 12.4 Å². The van der Waals surface area contributed by atoms with Crippen molar-refractivity contribution in [1.29, 1.82) is 0 Å². The third-order valence-corrected chi connectivity index (χ3v) is 3.86. The zero-order valence-electron chi connectivity index (χ0n) is 9.73. The van der Waals surface area contributed by atoms with Gasteiger partial charge in [-0.05, 0) is 32.1 Å². The van der Waals surface area contributed by atoms with Gasteiger partial charge in [0.25, 0.3) is 0 Å². The molecule has 1 aliphatic rings. The second kappa shape index (κ2) is 7.06. The molecule has 0 aromatic carbocycles. The number of amides is 1. The molecular formula is C10H18ClNO4S. The van der Waals surface area contributed by atoms with Crippen LogP contribution in [0.1, 0.15) is 32.1 Å². The summed E-state index contributed by atoms with van der Waals surface area (Å²) in [5, 5.41) is 0. The number of likely N-dealkylation sites (tertiary alicyclic amines) is 1. The van der Waals surface area contributed by atoms with E-state index >= 15 is 0 Å². The first-order valence-electron chi connectivity index (χ1n) is 5.83. The smallest absolute Gasteiger partial charge is 0.409 e. The van der Waals surface area contributed by atoms with Crippen LogP contribution in [0.25, 0.3) is 0 Å². The fourth-order valence-electron chi connectivity index (χ4n) is 1.70. The molecule has 0 aromatic heterocycles. The van der Waals surface area contributed by atoms with Crippen LogP contribution in [0, 0.1) is 0 Å². The third kappa shape index (κ3) is 6.73. The lowest BCUT2D eigenvalue weighted by atomic mass is 10.1. The van der Waals surface area contributed by atoms with Gasteiger partial charge in [-0.2, -0.15) is 0 Å². The molecule has 0 bridgehead atoms. The molecule has 1 fully saturated rings. The summed E-state index contributed by atoms with van der Waals surface area (Å²) in [6, 6.07) is 0. The number of ether oxygens (including phenoxy) is 1. The van der Waals surface area contributed by atoms with E-state index in [1.165, 1.54) is 0 Å². The van der Waals surface area contributed by atoms with Gasteiger partial charge in [0.2, 0.25) is 9.05 Å². The van der Waals surface area contributed by atoms with E-state index in [-0.39, 0.29) is 18.5 Å². The number of nitrogens with zero attached hydrogens (tertiary/aromatic N) is 1. The fourth-order valence-corrected chi connectivity index (χ4v) is 2.58. The van der Waals surface area contributed by atoms with Gasteiger partial charge in [-0.25, -0.2) is 13.2 Å². The minimum atomic E-state index is -3.42. The average Bonchev–Trinajstić information content (AvgIpc) is 2.28. The van der Waals surface area contributed by atoms with E-state index in [1.807, 2.05) is 0 Å². The van der Waals surface area contributed by atoms with Gasteiger partial charge in [0.1, 0.15) is 0 Å². The molecule has 0 radical (unpaired) electrons. The quantitative estimate of drug-likeness (QED) is 0.571. The lowest BCUT2D eigenvalue weighted by Gasteiger charge is -2.25. The maximum atomic E-state index is 11.5. The summed E-state index contributed by atoms with van der Waals surface area (Å²) in [4.78, 5) is 13.2. The molecule has 0 aromatic rings. The van der Waals surface area contributed by atoms with E-state index in [0.29, 0.717) is 12.8 Å². The molecule has 1 rings (SSSR count). The molecule has 0 aliphatic carbocycles. The Hall–Kier alpha value is -0.490. The number of piperidine rings is 1. The predicted octanol–water partition coefficient (Wildman–Crippen LogP) is 1.96. The van der Waals surface area contributed by atoms with Crippen molar-refractivity contribution < 1.29 is 17.9 Å². The van der Waals surface area contributed by atoms with Crippen molar-refractivity contribution in [1.82, 2.24) is 4.90 Å². The maximum Gasteiger partial charge on any atom is 0.409 e. The SMILES string of the molecule is O=C(OCCCCS(=O)(=O)Cl)N1CCCCC1. The molecule has 100 valence electrons. The lowest BCUT2D eigenvalue weighted by Crippen LogP contribution is -2.36. The van der Waals surface area contributed by atoms with Crippen LogP contribution in [0.4, 0.5) is 4.79 Å². The summed E-state index contributed by atoms with van der Waals surface area (Å²) < 4.78 is 26.3. The molecule has 1 saturated heterocycles. The van der Waals surface area contributed by atoms with Crippen molar-refractivity contribution in [2.75, 3.05) is 25.4 Å². The Morgan fingerprint density at radius 2 is 1.82 bits per heavy atom. The lowest BCUT2D eigenvalue weighted by molar-refractivity contribution is 0.0941. The fraction of sp³-hybridized carbons (Fsp3) is 0.900. The largest absolute Gasteiger partial charge is 0.449 e.